The number of hydrogen-bond donors (Lipinski definition) is 1. The van der Waals surface area contributed by atoms with Crippen LogP contribution in [0.4, 0.5) is 0 Å². The molecule has 0 aliphatic rings. The summed E-state index contributed by atoms with van der Waals surface area (Å²) < 4.78 is 4.15. The minimum Gasteiger partial charge on any atom is -0.309 e. The van der Waals surface area contributed by atoms with E-state index >= 15 is 0 Å². The van der Waals surface area contributed by atoms with Crippen molar-refractivity contribution in [1.82, 2.24) is 14.9 Å². The van der Waals surface area contributed by atoms with E-state index in [4.69, 9.17) is 0 Å². The maximum atomic E-state index is 4.33. The maximum Gasteiger partial charge on any atom is 0.0857 e. The zero-order valence-corrected chi connectivity index (χ0v) is 12.8. The van der Waals surface area contributed by atoms with Crippen LogP contribution in [-0.2, 0) is 5.41 Å². The van der Waals surface area contributed by atoms with Gasteiger partial charge in [-0.3, -0.25) is 0 Å². The van der Waals surface area contributed by atoms with Gasteiger partial charge in [0.05, 0.1) is 10.6 Å². The fourth-order valence-corrected chi connectivity index (χ4v) is 2.85. The van der Waals surface area contributed by atoms with Gasteiger partial charge in [-0.1, -0.05) is 38.3 Å². The van der Waals surface area contributed by atoms with E-state index in [1.807, 2.05) is 6.08 Å². The Morgan fingerprint density at radius 1 is 1.44 bits per heavy atom. The van der Waals surface area contributed by atoms with E-state index in [1.165, 1.54) is 16.4 Å². The predicted octanol–water partition coefficient (Wildman–Crippen LogP) is 3.84. The van der Waals surface area contributed by atoms with Crippen molar-refractivity contribution in [3.8, 4) is 0 Å². The average Bonchev–Trinajstić information content (AvgIpc) is 2.78. The summed E-state index contributed by atoms with van der Waals surface area (Å²) in [5, 5.41) is 7.93. The van der Waals surface area contributed by atoms with Crippen LogP contribution in [0.25, 0.3) is 0 Å². The third kappa shape index (κ3) is 4.18. The van der Waals surface area contributed by atoms with E-state index < -0.39 is 0 Å². The standard InChI is InChI=1S/C14H25N3S/c1-6-8-9-11(15-10-7-2)12-13(14(3,4)5)16-17-18-12/h6,11,15H,1,7-10H2,2-5H3. The van der Waals surface area contributed by atoms with Gasteiger partial charge < -0.3 is 5.32 Å². The molecule has 1 rings (SSSR count). The molecule has 0 aliphatic heterocycles. The largest absolute Gasteiger partial charge is 0.309 e. The third-order valence-corrected chi connectivity index (χ3v) is 3.68. The zero-order valence-electron chi connectivity index (χ0n) is 12.0. The minimum absolute atomic E-state index is 0.0582. The van der Waals surface area contributed by atoms with Crippen LogP contribution in [0.15, 0.2) is 12.7 Å². The lowest BCUT2D eigenvalue weighted by atomic mass is 9.89. The van der Waals surface area contributed by atoms with Gasteiger partial charge >= 0.3 is 0 Å². The summed E-state index contributed by atoms with van der Waals surface area (Å²) in [5.41, 5.74) is 1.19. The molecule has 1 atom stereocenters. The van der Waals surface area contributed by atoms with Crippen molar-refractivity contribution in [2.45, 2.75) is 58.4 Å². The highest BCUT2D eigenvalue weighted by atomic mass is 32.1. The van der Waals surface area contributed by atoms with Crippen molar-refractivity contribution in [3.05, 3.63) is 23.2 Å². The Bertz CT molecular complexity index is 365. The van der Waals surface area contributed by atoms with E-state index in [2.05, 4.69) is 49.2 Å². The van der Waals surface area contributed by atoms with Gasteiger partial charge in [0.2, 0.25) is 0 Å². The van der Waals surface area contributed by atoms with Gasteiger partial charge in [-0.25, -0.2) is 0 Å². The molecular weight excluding hydrogens is 242 g/mol. The van der Waals surface area contributed by atoms with Gasteiger partial charge in [0.25, 0.3) is 0 Å². The molecule has 1 unspecified atom stereocenters. The summed E-state index contributed by atoms with van der Waals surface area (Å²) in [4.78, 5) is 1.29. The first kappa shape index (κ1) is 15.3. The highest BCUT2D eigenvalue weighted by molar-refractivity contribution is 7.05. The van der Waals surface area contributed by atoms with E-state index in [0.717, 1.165) is 31.5 Å². The number of allylic oxidation sites excluding steroid dienone is 1. The summed E-state index contributed by atoms with van der Waals surface area (Å²) in [6, 6.07) is 0.358. The van der Waals surface area contributed by atoms with Crippen LogP contribution >= 0.6 is 11.5 Å². The Morgan fingerprint density at radius 2 is 2.17 bits per heavy atom. The summed E-state index contributed by atoms with van der Waals surface area (Å²) in [5.74, 6) is 0. The first-order valence-electron chi connectivity index (χ1n) is 6.67. The van der Waals surface area contributed by atoms with Gasteiger partial charge in [-0.2, -0.15) is 0 Å². The second kappa shape index (κ2) is 7.00. The van der Waals surface area contributed by atoms with Crippen LogP contribution in [0.1, 0.15) is 63.6 Å². The van der Waals surface area contributed by atoms with Crippen molar-refractivity contribution >= 4 is 11.5 Å². The topological polar surface area (TPSA) is 37.8 Å². The number of rotatable bonds is 7. The molecule has 0 saturated carbocycles. The van der Waals surface area contributed by atoms with Crippen molar-refractivity contribution in [2.75, 3.05) is 6.54 Å². The first-order chi connectivity index (χ1) is 8.50. The molecule has 0 bridgehead atoms. The van der Waals surface area contributed by atoms with Crippen LogP contribution in [-0.4, -0.2) is 16.1 Å². The molecule has 0 aromatic carbocycles. The lowest BCUT2D eigenvalue weighted by molar-refractivity contribution is 0.486. The smallest absolute Gasteiger partial charge is 0.0857 e. The quantitative estimate of drug-likeness (QED) is 0.763. The second-order valence-electron chi connectivity index (χ2n) is 5.61. The Hall–Kier alpha value is -0.740. The van der Waals surface area contributed by atoms with Crippen LogP contribution in [0.5, 0.6) is 0 Å². The molecule has 1 aromatic heterocycles. The molecule has 0 spiro atoms. The third-order valence-electron chi connectivity index (χ3n) is 2.84. The number of hydrogen-bond acceptors (Lipinski definition) is 4. The zero-order chi connectivity index (χ0) is 13.6. The van der Waals surface area contributed by atoms with Crippen LogP contribution in [0, 0.1) is 0 Å². The van der Waals surface area contributed by atoms with Crippen molar-refractivity contribution in [1.29, 1.82) is 0 Å². The summed E-state index contributed by atoms with van der Waals surface area (Å²) >= 11 is 1.53. The Kier molecular flexibility index (Phi) is 5.96. The van der Waals surface area contributed by atoms with E-state index in [1.54, 1.807) is 0 Å². The van der Waals surface area contributed by atoms with E-state index in [-0.39, 0.29) is 5.41 Å². The van der Waals surface area contributed by atoms with Crippen molar-refractivity contribution < 1.29 is 0 Å². The first-order valence-corrected chi connectivity index (χ1v) is 7.45. The Labute approximate surface area is 115 Å². The molecule has 3 nitrogen and oxygen atoms in total. The Balaban J connectivity index is 2.90. The second-order valence-corrected chi connectivity index (χ2v) is 6.39. The number of nitrogens with zero attached hydrogens (tertiary/aromatic N) is 2. The van der Waals surface area contributed by atoms with Gasteiger partial charge in [0.15, 0.2) is 0 Å². The number of nitrogens with one attached hydrogen (secondary N) is 1. The molecule has 0 fully saturated rings. The highest BCUT2D eigenvalue weighted by Crippen LogP contribution is 2.32. The van der Waals surface area contributed by atoms with E-state index in [0.29, 0.717) is 6.04 Å². The van der Waals surface area contributed by atoms with Crippen LogP contribution in [0.2, 0.25) is 0 Å². The molecule has 18 heavy (non-hydrogen) atoms. The molecule has 1 N–H and O–H groups in total. The monoisotopic (exact) mass is 267 g/mol. The average molecular weight is 267 g/mol. The fourth-order valence-electron chi connectivity index (χ4n) is 1.87. The lowest BCUT2D eigenvalue weighted by Crippen LogP contribution is -2.25. The molecule has 0 aliphatic carbocycles. The SMILES string of the molecule is C=CCCC(NCCC)c1snnc1C(C)(C)C. The Morgan fingerprint density at radius 3 is 2.72 bits per heavy atom. The molecule has 1 heterocycles. The molecular formula is C14H25N3S. The maximum absolute atomic E-state index is 4.33. The minimum atomic E-state index is 0.0582. The molecule has 102 valence electrons. The van der Waals surface area contributed by atoms with Crippen molar-refractivity contribution in [2.24, 2.45) is 0 Å². The normalized spacial score (nSPS) is 13.6. The van der Waals surface area contributed by atoms with Crippen LogP contribution < -0.4 is 5.32 Å². The predicted molar refractivity (Wildman–Crippen MR) is 79.1 cm³/mol. The van der Waals surface area contributed by atoms with Crippen LogP contribution in [0.3, 0.4) is 0 Å². The van der Waals surface area contributed by atoms with Crippen molar-refractivity contribution in [3.63, 3.8) is 0 Å². The highest BCUT2D eigenvalue weighted by Gasteiger charge is 2.26. The van der Waals surface area contributed by atoms with Gasteiger partial charge in [-0.05, 0) is 37.3 Å². The van der Waals surface area contributed by atoms with Gasteiger partial charge in [-0.15, -0.1) is 11.7 Å². The molecule has 0 amide bonds. The van der Waals surface area contributed by atoms with Gasteiger partial charge in [0.1, 0.15) is 0 Å². The molecule has 0 radical (unpaired) electrons. The molecule has 4 heteroatoms. The lowest BCUT2D eigenvalue weighted by Gasteiger charge is -2.22. The molecule has 0 saturated heterocycles. The number of aromatic nitrogens is 2. The summed E-state index contributed by atoms with van der Waals surface area (Å²) in [6.07, 6.45) is 5.20. The summed E-state index contributed by atoms with van der Waals surface area (Å²) in [6.45, 7) is 13.6. The fraction of sp³-hybridized carbons (Fsp3) is 0.714. The molecule has 1 aromatic rings. The summed E-state index contributed by atoms with van der Waals surface area (Å²) in [7, 11) is 0. The van der Waals surface area contributed by atoms with Gasteiger partial charge in [0, 0.05) is 11.5 Å². The van der Waals surface area contributed by atoms with E-state index in [9.17, 15) is 0 Å².